The molecule has 9 aromatic carbocycles. The van der Waals surface area contributed by atoms with E-state index >= 15 is 0 Å². The summed E-state index contributed by atoms with van der Waals surface area (Å²) in [5.74, 6) is 1.90. The molecule has 0 saturated carbocycles. The smallest absolute Gasteiger partial charge is 0.164 e. The van der Waals surface area contributed by atoms with E-state index in [1.54, 1.807) is 0 Å². The standard InChI is InChI=1S/C57H37N6/c1-3-15-37(16-4-1)55-59-56(38-17-5-2-6-18-38)61-57(60-55)39-27-30-41(31-28-39)63(42-32-33-50-47(36-42)43-19-7-11-23-49(43)58-50)53-26-14-10-22-46(53)48-35-40(29-34-54(48)63)62-51-24-12-8-20-44(51)45-21-9-13-25-52(45)62/h1-36,58H/q+1. The van der Waals surface area contributed by atoms with E-state index in [0.717, 1.165) is 44.8 Å². The maximum atomic E-state index is 5.08. The number of rotatable bonds is 6. The number of aromatic nitrogens is 5. The predicted molar refractivity (Wildman–Crippen MR) is 259 cm³/mol. The zero-order chi connectivity index (χ0) is 41.5. The third kappa shape index (κ3) is 5.32. The summed E-state index contributed by atoms with van der Waals surface area (Å²) >= 11 is 0. The second-order valence-electron chi connectivity index (χ2n) is 16.2. The third-order valence-corrected chi connectivity index (χ3v) is 12.8. The van der Waals surface area contributed by atoms with Gasteiger partial charge < -0.3 is 9.55 Å². The Kier molecular flexibility index (Phi) is 7.73. The summed E-state index contributed by atoms with van der Waals surface area (Å²) in [4.78, 5) is 18.8. The van der Waals surface area contributed by atoms with Crippen LogP contribution in [0.4, 0.5) is 22.7 Å². The molecule has 1 unspecified atom stereocenters. The Morgan fingerprint density at radius 2 is 0.857 bits per heavy atom. The van der Waals surface area contributed by atoms with Crippen molar-refractivity contribution in [3.8, 4) is 51.0 Å². The Morgan fingerprint density at radius 1 is 0.349 bits per heavy atom. The first-order chi connectivity index (χ1) is 31.2. The zero-order valence-electron chi connectivity index (χ0n) is 34.0. The van der Waals surface area contributed by atoms with Gasteiger partial charge in [-0.25, -0.2) is 15.0 Å². The molecule has 3 aromatic heterocycles. The fourth-order valence-electron chi connectivity index (χ4n) is 10.0. The summed E-state index contributed by atoms with van der Waals surface area (Å²) in [7, 11) is 0. The predicted octanol–water partition coefficient (Wildman–Crippen LogP) is 14.9. The molecule has 294 valence electrons. The van der Waals surface area contributed by atoms with Gasteiger partial charge in [0.1, 0.15) is 11.4 Å². The van der Waals surface area contributed by atoms with E-state index in [9.17, 15) is 0 Å². The molecule has 0 radical (unpaired) electrons. The van der Waals surface area contributed by atoms with Crippen LogP contribution in [0.5, 0.6) is 0 Å². The van der Waals surface area contributed by atoms with E-state index in [0.29, 0.717) is 22.0 Å². The van der Waals surface area contributed by atoms with E-state index < -0.39 is 0 Å². The minimum absolute atomic E-state index is 0.399. The van der Waals surface area contributed by atoms with Gasteiger partial charge in [-0.1, -0.05) is 127 Å². The highest BCUT2D eigenvalue weighted by Gasteiger charge is 2.48. The van der Waals surface area contributed by atoms with E-state index in [4.69, 9.17) is 15.0 Å². The summed E-state index contributed by atoms with van der Waals surface area (Å²) in [5, 5.41) is 4.89. The van der Waals surface area contributed by atoms with E-state index in [-0.39, 0.29) is 0 Å². The SMILES string of the molecule is c1ccc(-c2nc(-c3ccccc3)nc(-c3ccc([N+]4(c5ccc6[nH]c7ccccc7c6c5)c5ccccc5-c5cc(-n6c7ccccc7c7ccccc76)ccc54)cc3)n2)cc1. The largest absolute Gasteiger partial charge is 0.355 e. The Hall–Kier alpha value is -8.45. The molecule has 13 rings (SSSR count). The minimum Gasteiger partial charge on any atom is -0.355 e. The van der Waals surface area contributed by atoms with E-state index in [1.165, 1.54) is 55.1 Å². The van der Waals surface area contributed by atoms with Gasteiger partial charge in [-0.3, -0.25) is 0 Å². The number of aromatic amines is 1. The van der Waals surface area contributed by atoms with Crippen molar-refractivity contribution < 1.29 is 0 Å². The molecule has 12 aromatic rings. The van der Waals surface area contributed by atoms with Crippen molar-refractivity contribution >= 4 is 66.4 Å². The summed E-state index contributed by atoms with van der Waals surface area (Å²) in [6, 6.07) is 78.1. The molecule has 1 atom stereocenters. The second kappa shape index (κ2) is 13.8. The highest BCUT2D eigenvalue weighted by molar-refractivity contribution is 6.12. The van der Waals surface area contributed by atoms with Gasteiger partial charge in [0.15, 0.2) is 28.8 Å². The van der Waals surface area contributed by atoms with Crippen LogP contribution in [-0.4, -0.2) is 24.5 Å². The van der Waals surface area contributed by atoms with Crippen LogP contribution in [0.25, 0.3) is 94.6 Å². The molecule has 0 spiro atoms. The fraction of sp³-hybridized carbons (Fsp3) is 0. The first-order valence-electron chi connectivity index (χ1n) is 21.3. The average molecular weight is 806 g/mol. The number of quaternary nitrogens is 1. The summed E-state index contributed by atoms with van der Waals surface area (Å²) < 4.78 is 2.81. The van der Waals surface area contributed by atoms with Crippen LogP contribution in [0.15, 0.2) is 218 Å². The molecule has 1 aliphatic rings. The summed E-state index contributed by atoms with van der Waals surface area (Å²) in [6.45, 7) is 0. The molecule has 4 heterocycles. The van der Waals surface area contributed by atoms with Gasteiger partial charge in [0.2, 0.25) is 0 Å². The first-order valence-corrected chi connectivity index (χ1v) is 21.3. The van der Waals surface area contributed by atoms with Crippen molar-refractivity contribution in [2.45, 2.75) is 0 Å². The van der Waals surface area contributed by atoms with Gasteiger partial charge in [0, 0.05) is 91.4 Å². The molecular weight excluding hydrogens is 769 g/mol. The van der Waals surface area contributed by atoms with Gasteiger partial charge in [0.05, 0.1) is 22.2 Å². The van der Waals surface area contributed by atoms with Crippen LogP contribution in [0.3, 0.4) is 0 Å². The van der Waals surface area contributed by atoms with Crippen molar-refractivity contribution in [1.82, 2.24) is 29.0 Å². The average Bonchev–Trinajstić information content (AvgIpc) is 4.00. The maximum absolute atomic E-state index is 5.08. The molecule has 0 amide bonds. The monoisotopic (exact) mass is 805 g/mol. The van der Waals surface area contributed by atoms with Gasteiger partial charge in [-0.15, -0.1) is 0 Å². The molecule has 63 heavy (non-hydrogen) atoms. The van der Waals surface area contributed by atoms with Crippen molar-refractivity contribution in [2.75, 3.05) is 0 Å². The van der Waals surface area contributed by atoms with Crippen LogP contribution in [0.1, 0.15) is 0 Å². The number of H-pyrrole nitrogens is 1. The molecule has 0 aliphatic carbocycles. The molecular formula is C57H37N6+. The molecule has 0 saturated heterocycles. The van der Waals surface area contributed by atoms with Crippen LogP contribution in [-0.2, 0) is 0 Å². The number of fused-ring (bicyclic) bond motifs is 9. The Balaban J connectivity index is 1.04. The van der Waals surface area contributed by atoms with Gasteiger partial charge in [-0.05, 0) is 54.6 Å². The van der Waals surface area contributed by atoms with Gasteiger partial charge in [-0.2, -0.15) is 4.48 Å². The zero-order valence-corrected chi connectivity index (χ0v) is 34.0. The van der Waals surface area contributed by atoms with Crippen molar-refractivity contribution in [3.05, 3.63) is 218 Å². The third-order valence-electron chi connectivity index (χ3n) is 12.8. The lowest BCUT2D eigenvalue weighted by atomic mass is 10.0. The number of benzene rings is 9. The lowest BCUT2D eigenvalue weighted by molar-refractivity contribution is 0.722. The van der Waals surface area contributed by atoms with Crippen LogP contribution >= 0.6 is 0 Å². The Labute approximate surface area is 363 Å². The van der Waals surface area contributed by atoms with Gasteiger partial charge in [0.25, 0.3) is 0 Å². The molecule has 1 N–H and O–H groups in total. The number of nitrogens with zero attached hydrogens (tertiary/aromatic N) is 5. The Morgan fingerprint density at radius 3 is 1.52 bits per heavy atom. The molecule has 0 bridgehead atoms. The number of nitrogens with one attached hydrogen (secondary N) is 1. The quantitative estimate of drug-likeness (QED) is 0.170. The number of hydrogen-bond acceptors (Lipinski definition) is 3. The number of hydrogen-bond donors (Lipinski definition) is 1. The van der Waals surface area contributed by atoms with Crippen LogP contribution in [0, 0.1) is 0 Å². The van der Waals surface area contributed by atoms with Crippen LogP contribution < -0.4 is 4.48 Å². The highest BCUT2D eigenvalue weighted by Crippen LogP contribution is 2.63. The lowest BCUT2D eigenvalue weighted by Gasteiger charge is -2.34. The van der Waals surface area contributed by atoms with E-state index in [2.05, 4.69) is 167 Å². The van der Waals surface area contributed by atoms with E-state index in [1.807, 2.05) is 60.7 Å². The second-order valence-corrected chi connectivity index (χ2v) is 16.2. The minimum atomic E-state index is 0.399. The molecule has 6 nitrogen and oxygen atoms in total. The molecule has 1 aliphatic heterocycles. The number of para-hydroxylation sites is 4. The highest BCUT2D eigenvalue weighted by atomic mass is 15.4. The topological polar surface area (TPSA) is 59.4 Å². The Bertz CT molecular complexity index is 3630. The van der Waals surface area contributed by atoms with Crippen LogP contribution in [0.2, 0.25) is 0 Å². The van der Waals surface area contributed by atoms with Gasteiger partial charge >= 0.3 is 0 Å². The maximum Gasteiger partial charge on any atom is 0.164 e. The molecule has 6 heteroatoms. The molecule has 0 fully saturated rings. The van der Waals surface area contributed by atoms with Crippen molar-refractivity contribution in [2.24, 2.45) is 0 Å². The summed E-state index contributed by atoms with van der Waals surface area (Å²) in [6.07, 6.45) is 0. The lowest BCUT2D eigenvalue weighted by Crippen LogP contribution is -2.31. The van der Waals surface area contributed by atoms with Crippen molar-refractivity contribution in [3.63, 3.8) is 0 Å². The fourth-order valence-corrected chi connectivity index (χ4v) is 10.0. The van der Waals surface area contributed by atoms with Crippen molar-refractivity contribution in [1.29, 1.82) is 0 Å². The first kappa shape index (κ1) is 35.3. The normalized spacial score (nSPS) is 14.4. The summed E-state index contributed by atoms with van der Waals surface area (Å²) in [5.41, 5.74) is 15.6.